The molecule has 0 aliphatic rings. The van der Waals surface area contributed by atoms with Crippen molar-refractivity contribution in [3.8, 4) is 0 Å². The zero-order chi connectivity index (χ0) is 8.20. The molecule has 0 aromatic rings. The van der Waals surface area contributed by atoms with Gasteiger partial charge in [0.15, 0.2) is 0 Å². The highest BCUT2D eigenvalue weighted by atomic mass is 16.7. The molecule has 0 radical (unpaired) electrons. The van der Waals surface area contributed by atoms with E-state index in [1.165, 1.54) is 6.92 Å². The van der Waals surface area contributed by atoms with Crippen LogP contribution in [0, 0.1) is 10.1 Å². The summed E-state index contributed by atoms with van der Waals surface area (Å²) in [5.41, 5.74) is -1.73. The number of rotatable bonds is 4. The van der Waals surface area contributed by atoms with Crippen LogP contribution in [0.2, 0.25) is 0 Å². The third kappa shape index (κ3) is 2.77. The van der Waals surface area contributed by atoms with E-state index in [0.717, 1.165) is 6.42 Å². The summed E-state index contributed by atoms with van der Waals surface area (Å²) in [5.74, 6) is 0. The third-order valence-electron chi connectivity index (χ3n) is 1.40. The number of nitrogens with zero attached hydrogens (tertiary/aromatic N) is 1. The first-order chi connectivity index (χ1) is 4.50. The van der Waals surface area contributed by atoms with Gasteiger partial charge in [-0.15, -0.1) is 0 Å². The normalized spacial score (nSPS) is 16.3. The predicted octanol–water partition coefficient (Wildman–Crippen LogP) is 1.16. The lowest BCUT2D eigenvalue weighted by molar-refractivity contribution is -0.620. The fraction of sp³-hybridized carbons (Fsp3) is 1.00. The summed E-state index contributed by atoms with van der Waals surface area (Å²) in [6.45, 7) is 3.15. The molecule has 1 atom stereocenters. The highest BCUT2D eigenvalue weighted by Gasteiger charge is 2.32. The van der Waals surface area contributed by atoms with E-state index in [1.807, 2.05) is 6.92 Å². The van der Waals surface area contributed by atoms with Crippen LogP contribution >= 0.6 is 0 Å². The summed E-state index contributed by atoms with van der Waals surface area (Å²) in [5, 5.41) is 19.1. The van der Waals surface area contributed by atoms with Gasteiger partial charge in [-0.3, -0.25) is 10.1 Å². The second-order valence-electron chi connectivity index (χ2n) is 2.58. The Morgan fingerprint density at radius 2 is 2.20 bits per heavy atom. The fourth-order valence-electron chi connectivity index (χ4n) is 0.603. The Bertz CT molecular complexity index is 122. The summed E-state index contributed by atoms with van der Waals surface area (Å²) in [6.07, 6.45) is 1.79. The standard InChI is InChI=1S/C6H13NO3/c1-3-4-5-6(2,8)7(9)10/h8H,3-5H2,1-2H3. The summed E-state index contributed by atoms with van der Waals surface area (Å²) in [7, 11) is 0. The molecule has 0 aromatic heterocycles. The lowest BCUT2D eigenvalue weighted by Crippen LogP contribution is -2.33. The molecule has 0 aromatic carbocycles. The average Bonchev–Trinajstić information content (AvgIpc) is 1.84. The van der Waals surface area contributed by atoms with Crippen molar-refractivity contribution in [2.24, 2.45) is 0 Å². The average molecular weight is 147 g/mol. The quantitative estimate of drug-likeness (QED) is 0.368. The van der Waals surface area contributed by atoms with E-state index in [2.05, 4.69) is 0 Å². The molecule has 0 spiro atoms. The molecule has 0 saturated carbocycles. The van der Waals surface area contributed by atoms with Crippen LogP contribution in [-0.4, -0.2) is 15.8 Å². The molecule has 0 aliphatic carbocycles. The van der Waals surface area contributed by atoms with Crippen LogP contribution in [0.5, 0.6) is 0 Å². The Balaban J connectivity index is 3.75. The van der Waals surface area contributed by atoms with E-state index in [1.54, 1.807) is 0 Å². The van der Waals surface area contributed by atoms with Crippen LogP contribution in [0.4, 0.5) is 0 Å². The summed E-state index contributed by atoms with van der Waals surface area (Å²) < 4.78 is 0. The van der Waals surface area contributed by atoms with Gasteiger partial charge in [-0.2, -0.15) is 0 Å². The highest BCUT2D eigenvalue weighted by Crippen LogP contribution is 2.13. The molecule has 60 valence electrons. The molecule has 1 N–H and O–H groups in total. The van der Waals surface area contributed by atoms with Crippen molar-refractivity contribution in [3.63, 3.8) is 0 Å². The third-order valence-corrected chi connectivity index (χ3v) is 1.40. The van der Waals surface area contributed by atoms with E-state index in [4.69, 9.17) is 5.11 Å². The number of nitro groups is 1. The van der Waals surface area contributed by atoms with Crippen molar-refractivity contribution in [1.82, 2.24) is 0 Å². The van der Waals surface area contributed by atoms with Crippen molar-refractivity contribution in [3.05, 3.63) is 10.1 Å². The van der Waals surface area contributed by atoms with E-state index < -0.39 is 10.6 Å². The zero-order valence-electron chi connectivity index (χ0n) is 6.33. The van der Waals surface area contributed by atoms with Gasteiger partial charge in [-0.1, -0.05) is 13.3 Å². The Kier molecular flexibility index (Phi) is 3.28. The first kappa shape index (κ1) is 9.36. The predicted molar refractivity (Wildman–Crippen MR) is 37.1 cm³/mol. The number of aliphatic hydroxyl groups is 1. The zero-order valence-corrected chi connectivity index (χ0v) is 6.33. The number of hydrogen-bond acceptors (Lipinski definition) is 3. The maximum Gasteiger partial charge on any atom is 0.319 e. The van der Waals surface area contributed by atoms with Crippen molar-refractivity contribution in [1.29, 1.82) is 0 Å². The fourth-order valence-corrected chi connectivity index (χ4v) is 0.603. The minimum atomic E-state index is -1.73. The molecule has 0 saturated heterocycles. The first-order valence-electron chi connectivity index (χ1n) is 3.37. The molecule has 0 amide bonds. The summed E-state index contributed by atoms with van der Waals surface area (Å²) in [6, 6.07) is 0. The van der Waals surface area contributed by atoms with Gasteiger partial charge < -0.3 is 5.11 Å². The molecule has 10 heavy (non-hydrogen) atoms. The van der Waals surface area contributed by atoms with Gasteiger partial charge in [0.1, 0.15) is 0 Å². The van der Waals surface area contributed by atoms with Gasteiger partial charge in [-0.05, 0) is 6.42 Å². The number of unbranched alkanes of at least 4 members (excludes halogenated alkanes) is 1. The Labute approximate surface area is 60.0 Å². The van der Waals surface area contributed by atoms with Crippen LogP contribution in [0.15, 0.2) is 0 Å². The van der Waals surface area contributed by atoms with Crippen molar-refractivity contribution >= 4 is 0 Å². The largest absolute Gasteiger partial charge is 0.331 e. The number of hydrogen-bond donors (Lipinski definition) is 1. The van der Waals surface area contributed by atoms with Gasteiger partial charge >= 0.3 is 5.72 Å². The molecule has 1 unspecified atom stereocenters. The van der Waals surface area contributed by atoms with Crippen LogP contribution < -0.4 is 0 Å². The van der Waals surface area contributed by atoms with Crippen LogP contribution in [0.1, 0.15) is 33.1 Å². The van der Waals surface area contributed by atoms with Gasteiger partial charge in [0.05, 0.1) is 4.92 Å². The maximum absolute atomic E-state index is 10.1. The Morgan fingerprint density at radius 3 is 2.50 bits per heavy atom. The Morgan fingerprint density at radius 1 is 1.70 bits per heavy atom. The molecule has 0 rings (SSSR count). The molecule has 0 bridgehead atoms. The molecule has 4 heteroatoms. The van der Waals surface area contributed by atoms with Crippen molar-refractivity contribution < 1.29 is 10.0 Å². The Hall–Kier alpha value is -0.640. The second-order valence-corrected chi connectivity index (χ2v) is 2.58. The molecule has 4 nitrogen and oxygen atoms in total. The minimum absolute atomic E-state index is 0.233. The maximum atomic E-state index is 10.1. The smallest absolute Gasteiger partial charge is 0.319 e. The second kappa shape index (κ2) is 3.51. The molecule has 0 heterocycles. The van der Waals surface area contributed by atoms with Crippen LogP contribution in [0.3, 0.4) is 0 Å². The van der Waals surface area contributed by atoms with Gasteiger partial charge in [0.2, 0.25) is 0 Å². The van der Waals surface area contributed by atoms with Crippen LogP contribution in [0.25, 0.3) is 0 Å². The van der Waals surface area contributed by atoms with E-state index >= 15 is 0 Å². The van der Waals surface area contributed by atoms with Crippen LogP contribution in [-0.2, 0) is 0 Å². The molecular weight excluding hydrogens is 134 g/mol. The lowest BCUT2D eigenvalue weighted by Gasteiger charge is -2.12. The van der Waals surface area contributed by atoms with Gasteiger partial charge in [0.25, 0.3) is 0 Å². The SMILES string of the molecule is CCCCC(C)(O)[N+](=O)[O-]. The van der Waals surface area contributed by atoms with E-state index in [-0.39, 0.29) is 6.42 Å². The molecule has 0 fully saturated rings. The van der Waals surface area contributed by atoms with Crippen molar-refractivity contribution in [2.45, 2.75) is 38.8 Å². The van der Waals surface area contributed by atoms with Gasteiger partial charge in [0, 0.05) is 13.3 Å². The summed E-state index contributed by atoms with van der Waals surface area (Å²) in [4.78, 5) is 9.43. The first-order valence-corrected chi connectivity index (χ1v) is 3.37. The van der Waals surface area contributed by atoms with E-state index in [9.17, 15) is 10.1 Å². The minimum Gasteiger partial charge on any atom is -0.331 e. The molecular formula is C6H13NO3. The summed E-state index contributed by atoms with van der Waals surface area (Å²) >= 11 is 0. The van der Waals surface area contributed by atoms with E-state index in [0.29, 0.717) is 6.42 Å². The monoisotopic (exact) mass is 147 g/mol. The molecule has 0 aliphatic heterocycles. The van der Waals surface area contributed by atoms with Crippen molar-refractivity contribution in [2.75, 3.05) is 0 Å². The van der Waals surface area contributed by atoms with Gasteiger partial charge in [-0.25, -0.2) is 0 Å². The lowest BCUT2D eigenvalue weighted by atomic mass is 10.1. The highest BCUT2D eigenvalue weighted by molar-refractivity contribution is 4.56. The topological polar surface area (TPSA) is 63.4 Å².